The van der Waals surface area contributed by atoms with Gasteiger partial charge in [0.05, 0.1) is 12.3 Å². The van der Waals surface area contributed by atoms with E-state index in [1.807, 2.05) is 6.92 Å². The SMILES string of the molecule is CCOC1CC(N(C)C(=O)c2ccnc3c(C(=O)O)cnn23)C1(C)C. The predicted molar refractivity (Wildman–Crippen MR) is 89.6 cm³/mol. The van der Waals surface area contributed by atoms with Crippen molar-refractivity contribution in [2.45, 2.75) is 39.3 Å². The first kappa shape index (κ1) is 17.3. The summed E-state index contributed by atoms with van der Waals surface area (Å²) in [5.41, 5.74) is 0.267. The first-order valence-electron chi connectivity index (χ1n) is 8.23. The second kappa shape index (κ2) is 6.11. The molecule has 0 aliphatic heterocycles. The minimum absolute atomic E-state index is 0.0299. The lowest BCUT2D eigenvalue weighted by Gasteiger charge is -2.54. The van der Waals surface area contributed by atoms with Crippen LogP contribution in [0.4, 0.5) is 0 Å². The molecule has 0 bridgehead atoms. The molecule has 2 aromatic heterocycles. The lowest BCUT2D eigenvalue weighted by atomic mass is 9.63. The molecule has 0 radical (unpaired) electrons. The fourth-order valence-corrected chi connectivity index (χ4v) is 3.53. The highest BCUT2D eigenvalue weighted by Gasteiger charge is 2.52. The summed E-state index contributed by atoms with van der Waals surface area (Å²) in [7, 11) is 1.75. The Morgan fingerprint density at radius 2 is 2.20 bits per heavy atom. The Balaban J connectivity index is 1.89. The van der Waals surface area contributed by atoms with Crippen molar-refractivity contribution in [1.82, 2.24) is 19.5 Å². The Morgan fingerprint density at radius 3 is 2.80 bits per heavy atom. The summed E-state index contributed by atoms with van der Waals surface area (Å²) < 4.78 is 7.01. The maximum Gasteiger partial charge on any atom is 0.341 e. The summed E-state index contributed by atoms with van der Waals surface area (Å²) >= 11 is 0. The normalized spacial score (nSPS) is 21.8. The van der Waals surface area contributed by atoms with E-state index in [2.05, 4.69) is 23.9 Å². The first-order chi connectivity index (χ1) is 11.8. The zero-order chi connectivity index (χ0) is 18.4. The Kier molecular flexibility index (Phi) is 4.24. The third-order valence-corrected chi connectivity index (χ3v) is 5.13. The molecular formula is C17H22N4O4. The number of carbonyl (C=O) groups is 2. The van der Waals surface area contributed by atoms with Crippen LogP contribution in [0.1, 0.15) is 48.0 Å². The lowest BCUT2D eigenvalue weighted by molar-refractivity contribution is -0.136. The van der Waals surface area contributed by atoms with E-state index in [1.165, 1.54) is 16.9 Å². The summed E-state index contributed by atoms with van der Waals surface area (Å²) in [6.07, 6.45) is 3.54. The Hall–Kier alpha value is -2.48. The van der Waals surface area contributed by atoms with Gasteiger partial charge in [-0.2, -0.15) is 5.10 Å². The number of fused-ring (bicyclic) bond motifs is 1. The summed E-state index contributed by atoms with van der Waals surface area (Å²) in [6.45, 7) is 6.78. The van der Waals surface area contributed by atoms with Crippen LogP contribution in [0, 0.1) is 5.41 Å². The van der Waals surface area contributed by atoms with Crippen LogP contribution in [0.5, 0.6) is 0 Å². The minimum atomic E-state index is -1.12. The van der Waals surface area contributed by atoms with Crippen molar-refractivity contribution in [1.29, 1.82) is 0 Å². The second-order valence-corrected chi connectivity index (χ2v) is 6.86. The van der Waals surface area contributed by atoms with Crippen molar-refractivity contribution in [3.05, 3.63) is 29.7 Å². The molecule has 1 N–H and O–H groups in total. The Morgan fingerprint density at radius 1 is 1.48 bits per heavy atom. The maximum absolute atomic E-state index is 13.0. The van der Waals surface area contributed by atoms with Gasteiger partial charge >= 0.3 is 5.97 Å². The zero-order valence-electron chi connectivity index (χ0n) is 14.8. The zero-order valence-corrected chi connectivity index (χ0v) is 14.8. The molecule has 0 aromatic carbocycles. The fourth-order valence-electron chi connectivity index (χ4n) is 3.53. The van der Waals surface area contributed by atoms with Crippen LogP contribution < -0.4 is 0 Å². The van der Waals surface area contributed by atoms with Crippen molar-refractivity contribution in [3.63, 3.8) is 0 Å². The van der Waals surface area contributed by atoms with E-state index < -0.39 is 5.97 Å². The molecule has 2 aromatic rings. The van der Waals surface area contributed by atoms with E-state index in [0.29, 0.717) is 6.61 Å². The van der Waals surface area contributed by atoms with Gasteiger partial charge in [0.15, 0.2) is 5.65 Å². The molecule has 0 spiro atoms. The molecule has 134 valence electrons. The third-order valence-electron chi connectivity index (χ3n) is 5.13. The molecule has 25 heavy (non-hydrogen) atoms. The molecule has 2 heterocycles. The topological polar surface area (TPSA) is 97.0 Å². The largest absolute Gasteiger partial charge is 0.477 e. The number of hydrogen-bond acceptors (Lipinski definition) is 5. The van der Waals surface area contributed by atoms with E-state index in [4.69, 9.17) is 4.74 Å². The van der Waals surface area contributed by atoms with Gasteiger partial charge in [0.25, 0.3) is 5.91 Å². The number of carboxylic acids is 1. The second-order valence-electron chi connectivity index (χ2n) is 6.86. The van der Waals surface area contributed by atoms with Gasteiger partial charge in [0, 0.05) is 31.3 Å². The van der Waals surface area contributed by atoms with Crippen LogP contribution in [-0.2, 0) is 4.74 Å². The van der Waals surface area contributed by atoms with E-state index in [-0.39, 0.29) is 40.4 Å². The molecule has 1 aliphatic carbocycles. The molecule has 2 unspecified atom stereocenters. The molecule has 8 nitrogen and oxygen atoms in total. The average Bonchev–Trinajstić information content (AvgIpc) is 3.01. The summed E-state index contributed by atoms with van der Waals surface area (Å²) in [5, 5.41) is 13.2. The quantitative estimate of drug-likeness (QED) is 0.885. The maximum atomic E-state index is 13.0. The summed E-state index contributed by atoms with van der Waals surface area (Å²) in [5.74, 6) is -1.35. The van der Waals surface area contributed by atoms with E-state index in [9.17, 15) is 14.7 Å². The summed E-state index contributed by atoms with van der Waals surface area (Å²) in [4.78, 5) is 29.9. The smallest absolute Gasteiger partial charge is 0.341 e. The number of carbonyl (C=O) groups excluding carboxylic acids is 1. The molecule has 1 amide bonds. The van der Waals surface area contributed by atoms with Crippen molar-refractivity contribution in [2.75, 3.05) is 13.7 Å². The monoisotopic (exact) mass is 346 g/mol. The summed E-state index contributed by atoms with van der Waals surface area (Å²) in [6, 6.07) is 1.59. The van der Waals surface area contributed by atoms with Crippen LogP contribution in [0.25, 0.3) is 5.65 Å². The molecule has 8 heteroatoms. The minimum Gasteiger partial charge on any atom is -0.477 e. The first-order valence-corrected chi connectivity index (χ1v) is 8.23. The van der Waals surface area contributed by atoms with Crippen LogP contribution in [0.2, 0.25) is 0 Å². The van der Waals surface area contributed by atoms with Gasteiger partial charge in [-0.1, -0.05) is 13.8 Å². The predicted octanol–water partition coefficient (Wildman–Crippen LogP) is 1.70. The number of aromatic carboxylic acids is 1. The molecule has 1 aliphatic rings. The van der Waals surface area contributed by atoms with E-state index >= 15 is 0 Å². The van der Waals surface area contributed by atoms with Crippen molar-refractivity contribution >= 4 is 17.5 Å². The molecular weight excluding hydrogens is 324 g/mol. The fraction of sp³-hybridized carbons (Fsp3) is 0.529. The number of hydrogen-bond donors (Lipinski definition) is 1. The number of amides is 1. The van der Waals surface area contributed by atoms with Crippen molar-refractivity contribution in [2.24, 2.45) is 5.41 Å². The molecule has 1 saturated carbocycles. The van der Waals surface area contributed by atoms with Gasteiger partial charge in [-0.05, 0) is 19.4 Å². The number of carboxylic acid groups (broad SMARTS) is 1. The van der Waals surface area contributed by atoms with Crippen LogP contribution in [0.15, 0.2) is 18.5 Å². The van der Waals surface area contributed by atoms with Gasteiger partial charge in [-0.15, -0.1) is 0 Å². The van der Waals surface area contributed by atoms with Crippen LogP contribution in [-0.4, -0.2) is 62.3 Å². The highest BCUT2D eigenvalue weighted by atomic mass is 16.5. The lowest BCUT2D eigenvalue weighted by Crippen LogP contribution is -2.62. The van der Waals surface area contributed by atoms with Crippen LogP contribution >= 0.6 is 0 Å². The molecule has 3 rings (SSSR count). The van der Waals surface area contributed by atoms with Crippen LogP contribution in [0.3, 0.4) is 0 Å². The highest BCUT2D eigenvalue weighted by Crippen LogP contribution is 2.45. The van der Waals surface area contributed by atoms with Gasteiger partial charge in [0.1, 0.15) is 11.3 Å². The van der Waals surface area contributed by atoms with Gasteiger partial charge < -0.3 is 14.7 Å². The van der Waals surface area contributed by atoms with Gasteiger partial charge in [0.2, 0.25) is 0 Å². The van der Waals surface area contributed by atoms with E-state index in [0.717, 1.165) is 6.42 Å². The molecule has 1 fully saturated rings. The number of aromatic nitrogens is 3. The van der Waals surface area contributed by atoms with Gasteiger partial charge in [-0.3, -0.25) is 4.79 Å². The van der Waals surface area contributed by atoms with E-state index in [1.54, 1.807) is 18.0 Å². The van der Waals surface area contributed by atoms with Gasteiger partial charge in [-0.25, -0.2) is 14.3 Å². The van der Waals surface area contributed by atoms with Crippen molar-refractivity contribution in [3.8, 4) is 0 Å². The highest BCUT2D eigenvalue weighted by molar-refractivity contribution is 5.97. The average molecular weight is 346 g/mol. The number of rotatable bonds is 5. The Bertz CT molecular complexity index is 829. The molecule has 0 saturated heterocycles. The number of nitrogens with zero attached hydrogens (tertiary/aromatic N) is 4. The van der Waals surface area contributed by atoms with Crippen molar-refractivity contribution < 1.29 is 19.4 Å². The molecule has 2 atom stereocenters. The third kappa shape index (κ3) is 2.66. The Labute approximate surface area is 145 Å². The standard InChI is InChI=1S/C17H22N4O4/c1-5-25-13-8-12(17(13,2)3)20(4)15(22)11-6-7-18-14-10(16(23)24)9-19-21(11)14/h6-7,9,12-13H,5,8H2,1-4H3,(H,23,24). The number of ether oxygens (including phenoxy) is 1.